The first-order chi connectivity index (χ1) is 12.5. The number of carbonyl (C=O) groups is 1. The number of esters is 1. The van der Waals surface area contributed by atoms with Gasteiger partial charge in [0.25, 0.3) is 0 Å². The van der Waals surface area contributed by atoms with Crippen LogP contribution in [0.15, 0.2) is 16.1 Å². The van der Waals surface area contributed by atoms with Crippen molar-refractivity contribution in [3.8, 4) is 11.8 Å². The Morgan fingerprint density at radius 1 is 1.33 bits per heavy atom. The van der Waals surface area contributed by atoms with Crippen LogP contribution in [-0.4, -0.2) is 22.8 Å². The molecule has 1 aliphatic heterocycles. The standard InChI is InChI=1S/C23H32O4/c1-15(2)17-9-7-8-10-18(24)11-16(3)12-19-14-20(21(13-17)26-19)22(25)27-23(4,5)6/h12,14-15,17-18,24H,7,9,11,13H2,1-6H3/b16-12-/t17?,18-/m1/s1. The molecule has 0 aromatic carbocycles. The summed E-state index contributed by atoms with van der Waals surface area (Å²) in [7, 11) is 0. The van der Waals surface area contributed by atoms with E-state index in [1.165, 1.54) is 0 Å². The lowest BCUT2D eigenvalue weighted by Gasteiger charge is -2.21. The molecule has 0 aliphatic carbocycles. The van der Waals surface area contributed by atoms with Gasteiger partial charge >= 0.3 is 5.97 Å². The highest BCUT2D eigenvalue weighted by Gasteiger charge is 2.26. The van der Waals surface area contributed by atoms with E-state index in [9.17, 15) is 9.90 Å². The Kier molecular flexibility index (Phi) is 6.95. The molecule has 0 amide bonds. The maximum absolute atomic E-state index is 12.7. The van der Waals surface area contributed by atoms with Gasteiger partial charge in [-0.05, 0) is 58.1 Å². The summed E-state index contributed by atoms with van der Waals surface area (Å²) in [6.45, 7) is 11.9. The van der Waals surface area contributed by atoms with E-state index in [-0.39, 0.29) is 5.97 Å². The molecule has 0 radical (unpaired) electrons. The number of rotatable bonds is 2. The second kappa shape index (κ2) is 8.80. The lowest BCUT2D eigenvalue weighted by atomic mass is 9.86. The minimum Gasteiger partial charge on any atom is -0.461 e. The molecule has 0 saturated heterocycles. The van der Waals surface area contributed by atoms with E-state index in [2.05, 4.69) is 25.7 Å². The summed E-state index contributed by atoms with van der Waals surface area (Å²) in [6, 6.07) is 1.76. The number of hydrogen-bond donors (Lipinski definition) is 1. The summed E-state index contributed by atoms with van der Waals surface area (Å²) in [5.41, 5.74) is 0.890. The third kappa shape index (κ3) is 6.59. The first kappa shape index (κ1) is 21.3. The fraction of sp³-hybridized carbons (Fsp3) is 0.609. The molecular formula is C23H32O4. The highest BCUT2D eigenvalue weighted by molar-refractivity contribution is 5.91. The molecule has 2 bridgehead atoms. The van der Waals surface area contributed by atoms with Crippen molar-refractivity contribution >= 4 is 12.0 Å². The second-order valence-electron chi connectivity index (χ2n) is 8.77. The molecule has 1 N–H and O–H groups in total. The van der Waals surface area contributed by atoms with Gasteiger partial charge in [0.1, 0.15) is 28.8 Å². The first-order valence-electron chi connectivity index (χ1n) is 9.75. The average Bonchev–Trinajstić information content (AvgIpc) is 2.90. The first-order valence-corrected chi connectivity index (χ1v) is 9.75. The zero-order valence-electron chi connectivity index (χ0n) is 17.4. The monoisotopic (exact) mass is 372 g/mol. The molecule has 2 heterocycles. The highest BCUT2D eigenvalue weighted by Crippen LogP contribution is 2.29. The number of ether oxygens (including phenoxy) is 1. The zero-order chi connectivity index (χ0) is 20.2. The minimum absolute atomic E-state index is 0.336. The van der Waals surface area contributed by atoms with Gasteiger partial charge < -0.3 is 14.3 Å². The Hall–Kier alpha value is -1.99. The van der Waals surface area contributed by atoms with Crippen molar-refractivity contribution in [2.75, 3.05) is 0 Å². The van der Waals surface area contributed by atoms with Crippen LogP contribution in [0.25, 0.3) is 6.08 Å². The molecule has 4 heteroatoms. The van der Waals surface area contributed by atoms with Gasteiger partial charge in [0.2, 0.25) is 0 Å². The third-order valence-electron chi connectivity index (χ3n) is 4.65. The van der Waals surface area contributed by atoms with Crippen LogP contribution in [0.5, 0.6) is 0 Å². The number of fused-ring (bicyclic) bond motifs is 2. The summed E-state index contributed by atoms with van der Waals surface area (Å²) < 4.78 is 11.6. The Balaban J connectivity index is 2.44. The number of carbonyl (C=O) groups excluding carboxylic acids is 1. The molecule has 0 spiro atoms. The molecule has 1 unspecified atom stereocenters. The molecular weight excluding hydrogens is 340 g/mol. The molecule has 2 rings (SSSR count). The fourth-order valence-electron chi connectivity index (χ4n) is 3.19. The van der Waals surface area contributed by atoms with Gasteiger partial charge in [0.15, 0.2) is 0 Å². The van der Waals surface area contributed by atoms with E-state index in [0.717, 1.165) is 18.4 Å². The van der Waals surface area contributed by atoms with Crippen LogP contribution in [0.2, 0.25) is 0 Å². The van der Waals surface area contributed by atoms with Gasteiger partial charge in [-0.25, -0.2) is 4.79 Å². The molecule has 148 valence electrons. The quantitative estimate of drug-likeness (QED) is 0.586. The lowest BCUT2D eigenvalue weighted by molar-refractivity contribution is 0.00667. The van der Waals surface area contributed by atoms with Crippen LogP contribution in [0.4, 0.5) is 0 Å². The predicted octanol–water partition coefficient (Wildman–Crippen LogP) is 5.00. The van der Waals surface area contributed by atoms with Gasteiger partial charge in [-0.2, -0.15) is 0 Å². The van der Waals surface area contributed by atoms with E-state index < -0.39 is 11.7 Å². The normalized spacial score (nSPS) is 23.2. The molecule has 1 aromatic rings. The molecule has 27 heavy (non-hydrogen) atoms. The van der Waals surface area contributed by atoms with E-state index in [4.69, 9.17) is 9.15 Å². The minimum atomic E-state index is -0.681. The van der Waals surface area contributed by atoms with Crippen LogP contribution in [0.1, 0.15) is 82.7 Å². The van der Waals surface area contributed by atoms with Gasteiger partial charge in [-0.3, -0.25) is 0 Å². The van der Waals surface area contributed by atoms with Gasteiger partial charge in [-0.15, -0.1) is 5.92 Å². The largest absolute Gasteiger partial charge is 0.461 e. The van der Waals surface area contributed by atoms with E-state index >= 15 is 0 Å². The summed E-state index contributed by atoms with van der Waals surface area (Å²) in [5.74, 6) is 7.73. The number of hydrogen-bond acceptors (Lipinski definition) is 4. The molecule has 0 saturated carbocycles. The van der Waals surface area contributed by atoms with Gasteiger partial charge in [-0.1, -0.05) is 25.3 Å². The summed E-state index contributed by atoms with van der Waals surface area (Å²) >= 11 is 0. The number of furan rings is 1. The van der Waals surface area contributed by atoms with E-state index in [1.54, 1.807) is 6.07 Å². The van der Waals surface area contributed by atoms with Crippen molar-refractivity contribution in [1.82, 2.24) is 0 Å². The number of aliphatic hydroxyl groups is 1. The van der Waals surface area contributed by atoms with E-state index in [0.29, 0.717) is 41.8 Å². The van der Waals surface area contributed by atoms with Crippen LogP contribution in [0, 0.1) is 23.7 Å². The van der Waals surface area contributed by atoms with Crippen molar-refractivity contribution in [2.24, 2.45) is 11.8 Å². The van der Waals surface area contributed by atoms with Crippen molar-refractivity contribution in [1.29, 1.82) is 0 Å². The van der Waals surface area contributed by atoms with Crippen LogP contribution >= 0.6 is 0 Å². The molecule has 0 fully saturated rings. The van der Waals surface area contributed by atoms with Crippen LogP contribution < -0.4 is 0 Å². The van der Waals surface area contributed by atoms with Crippen molar-refractivity contribution < 1.29 is 19.1 Å². The molecule has 1 aliphatic rings. The summed E-state index contributed by atoms with van der Waals surface area (Å²) in [5, 5.41) is 10.1. The van der Waals surface area contributed by atoms with Gasteiger partial charge in [0, 0.05) is 19.3 Å². The predicted molar refractivity (Wildman–Crippen MR) is 107 cm³/mol. The van der Waals surface area contributed by atoms with Crippen LogP contribution in [-0.2, 0) is 11.2 Å². The van der Waals surface area contributed by atoms with Crippen molar-refractivity contribution in [3.05, 3.63) is 28.7 Å². The van der Waals surface area contributed by atoms with Crippen molar-refractivity contribution in [3.63, 3.8) is 0 Å². The Labute approximate surface area is 163 Å². The summed E-state index contributed by atoms with van der Waals surface area (Å²) in [4.78, 5) is 12.7. The Morgan fingerprint density at radius 2 is 2.04 bits per heavy atom. The topological polar surface area (TPSA) is 59.7 Å². The smallest absolute Gasteiger partial charge is 0.342 e. The maximum Gasteiger partial charge on any atom is 0.342 e. The SMILES string of the molecule is C/C1=C/c2cc(C(=O)OC(C)(C)C)c(o2)CC(C(C)C)CCC#C[C@@H](O)C1. The molecule has 4 nitrogen and oxygen atoms in total. The Morgan fingerprint density at radius 3 is 2.67 bits per heavy atom. The summed E-state index contributed by atoms with van der Waals surface area (Å²) in [6.07, 6.45) is 3.93. The highest BCUT2D eigenvalue weighted by atomic mass is 16.6. The van der Waals surface area contributed by atoms with Gasteiger partial charge in [0.05, 0.1) is 0 Å². The number of aliphatic hydroxyl groups excluding tert-OH is 1. The molecule has 2 atom stereocenters. The van der Waals surface area contributed by atoms with Crippen molar-refractivity contribution in [2.45, 2.75) is 78.9 Å². The average molecular weight is 373 g/mol. The van der Waals surface area contributed by atoms with E-state index in [1.807, 2.05) is 33.8 Å². The van der Waals surface area contributed by atoms with Crippen LogP contribution in [0.3, 0.4) is 0 Å². The lowest BCUT2D eigenvalue weighted by Crippen LogP contribution is -2.24. The maximum atomic E-state index is 12.7. The Bertz CT molecular complexity index is 750. The zero-order valence-corrected chi connectivity index (χ0v) is 17.4. The fourth-order valence-corrected chi connectivity index (χ4v) is 3.19. The third-order valence-corrected chi connectivity index (χ3v) is 4.65. The molecule has 1 aromatic heterocycles. The second-order valence-corrected chi connectivity index (χ2v) is 8.77.